The molecule has 0 saturated carbocycles. The molecule has 0 unspecified atom stereocenters. The first-order valence-electron chi connectivity index (χ1n) is 10.7. The van der Waals surface area contributed by atoms with Gasteiger partial charge in [0.1, 0.15) is 12.4 Å². The molecule has 8 heteroatoms. The molecule has 1 aromatic heterocycles. The Morgan fingerprint density at radius 1 is 1.06 bits per heavy atom. The van der Waals surface area contributed by atoms with E-state index in [2.05, 4.69) is 15.5 Å². The van der Waals surface area contributed by atoms with Gasteiger partial charge in [-0.3, -0.25) is 4.79 Å². The molecule has 170 valence electrons. The molecule has 3 rings (SSSR count). The number of nitrogens with one attached hydrogen (secondary N) is 1. The van der Waals surface area contributed by atoms with Gasteiger partial charge in [0.25, 0.3) is 0 Å². The van der Waals surface area contributed by atoms with Gasteiger partial charge in [0.2, 0.25) is 17.6 Å². The number of amides is 1. The summed E-state index contributed by atoms with van der Waals surface area (Å²) in [6.07, 6.45) is 3.40. The summed E-state index contributed by atoms with van der Waals surface area (Å²) in [7, 11) is 3.99. The molecule has 0 aliphatic carbocycles. The van der Waals surface area contributed by atoms with Gasteiger partial charge in [0.15, 0.2) is 0 Å². The summed E-state index contributed by atoms with van der Waals surface area (Å²) in [6, 6.07) is 14.0. The predicted molar refractivity (Wildman–Crippen MR) is 121 cm³/mol. The van der Waals surface area contributed by atoms with Gasteiger partial charge in [-0.1, -0.05) is 23.7 Å². The Morgan fingerprint density at radius 2 is 1.81 bits per heavy atom. The molecule has 0 aliphatic heterocycles. The Balaban J connectivity index is 1.26. The minimum absolute atomic E-state index is 0.0162. The molecule has 0 atom stereocenters. The second-order valence-corrected chi connectivity index (χ2v) is 7.73. The Bertz CT molecular complexity index is 972. The maximum absolute atomic E-state index is 12.8. The van der Waals surface area contributed by atoms with Crippen molar-refractivity contribution in [3.63, 3.8) is 0 Å². The average molecular weight is 441 g/mol. The van der Waals surface area contributed by atoms with Gasteiger partial charge in [-0.05, 0) is 54.8 Å². The zero-order valence-corrected chi connectivity index (χ0v) is 18.5. The van der Waals surface area contributed by atoms with Crippen molar-refractivity contribution in [2.24, 2.45) is 0 Å². The predicted octanol–water partition coefficient (Wildman–Crippen LogP) is 3.99. The number of benzene rings is 2. The van der Waals surface area contributed by atoms with Crippen molar-refractivity contribution in [1.82, 2.24) is 15.5 Å². The monoisotopic (exact) mass is 440 g/mol. The minimum atomic E-state index is -0.291. The van der Waals surface area contributed by atoms with Gasteiger partial charge in [-0.25, -0.2) is 4.39 Å². The van der Waals surface area contributed by atoms with Crippen LogP contribution in [-0.2, 0) is 22.6 Å². The van der Waals surface area contributed by atoms with E-state index in [4.69, 9.17) is 9.26 Å². The maximum atomic E-state index is 12.8. The van der Waals surface area contributed by atoms with Gasteiger partial charge in [0, 0.05) is 38.3 Å². The molecule has 1 N–H and O–H groups in total. The smallest absolute Gasteiger partial charge is 0.246 e. The fourth-order valence-electron chi connectivity index (χ4n) is 3.08. The van der Waals surface area contributed by atoms with Crippen molar-refractivity contribution in [3.05, 3.63) is 65.8 Å². The van der Waals surface area contributed by atoms with E-state index in [1.165, 1.54) is 12.1 Å². The second-order valence-electron chi connectivity index (χ2n) is 7.73. The molecule has 0 radical (unpaired) electrons. The lowest BCUT2D eigenvalue weighted by Gasteiger charge is -2.11. The van der Waals surface area contributed by atoms with Crippen molar-refractivity contribution in [2.75, 3.05) is 32.1 Å². The molecule has 0 bridgehead atoms. The van der Waals surface area contributed by atoms with Gasteiger partial charge >= 0.3 is 0 Å². The lowest BCUT2D eigenvalue weighted by Crippen LogP contribution is -2.28. The van der Waals surface area contributed by atoms with Crippen molar-refractivity contribution in [2.45, 2.75) is 32.3 Å². The van der Waals surface area contributed by atoms with Gasteiger partial charge in [0.05, 0.1) is 6.61 Å². The summed E-state index contributed by atoms with van der Waals surface area (Å²) in [5.74, 6) is 0.767. The van der Waals surface area contributed by atoms with Crippen LogP contribution in [-0.4, -0.2) is 43.3 Å². The Hall–Kier alpha value is -3.26. The summed E-state index contributed by atoms with van der Waals surface area (Å²) in [5, 5.41) is 6.90. The van der Waals surface area contributed by atoms with E-state index in [1.807, 2.05) is 43.3 Å². The first kappa shape index (κ1) is 23.4. The molecule has 1 heterocycles. The summed E-state index contributed by atoms with van der Waals surface area (Å²) in [5.41, 5.74) is 2.87. The largest absolute Gasteiger partial charge is 0.378 e. The van der Waals surface area contributed by atoms with E-state index in [0.29, 0.717) is 24.7 Å². The highest BCUT2D eigenvalue weighted by atomic mass is 19.1. The number of hydrogen-bond acceptors (Lipinski definition) is 6. The number of aryl methyl sites for hydroxylation is 1. The van der Waals surface area contributed by atoms with Crippen LogP contribution in [0, 0.1) is 5.82 Å². The van der Waals surface area contributed by atoms with Crippen LogP contribution in [0.1, 0.15) is 30.7 Å². The van der Waals surface area contributed by atoms with E-state index < -0.39 is 0 Å². The molecular formula is C24H29FN4O3. The fraction of sp³-hybridized carbons (Fsp3) is 0.375. The van der Waals surface area contributed by atoms with Crippen molar-refractivity contribution in [3.8, 4) is 11.4 Å². The number of nitrogens with zero attached hydrogens (tertiary/aromatic N) is 3. The normalized spacial score (nSPS) is 10.8. The molecule has 0 spiro atoms. The van der Waals surface area contributed by atoms with E-state index in [0.717, 1.165) is 36.1 Å². The van der Waals surface area contributed by atoms with Crippen LogP contribution in [0.25, 0.3) is 11.4 Å². The quantitative estimate of drug-likeness (QED) is 0.429. The summed E-state index contributed by atoms with van der Waals surface area (Å²) in [6.45, 7) is 0.851. The molecule has 32 heavy (non-hydrogen) atoms. The Labute approximate surface area is 187 Å². The minimum Gasteiger partial charge on any atom is -0.378 e. The molecular weight excluding hydrogens is 411 g/mol. The van der Waals surface area contributed by atoms with E-state index in [-0.39, 0.29) is 24.9 Å². The number of carbonyl (C=O) groups excluding carboxylic acids is 1. The highest BCUT2D eigenvalue weighted by Crippen LogP contribution is 2.20. The second kappa shape index (κ2) is 12.0. The highest BCUT2D eigenvalue weighted by molar-refractivity contribution is 5.77. The molecule has 0 aliphatic rings. The SMILES string of the molecule is CN(C)c1ccc(-c2noc(CCCCCNC(=O)COCc3ccc(F)cc3)n2)cc1. The fourth-order valence-corrected chi connectivity index (χ4v) is 3.08. The van der Waals surface area contributed by atoms with E-state index in [1.54, 1.807) is 12.1 Å². The van der Waals surface area contributed by atoms with Crippen LogP contribution in [0.15, 0.2) is 53.1 Å². The average Bonchev–Trinajstić information content (AvgIpc) is 3.26. The van der Waals surface area contributed by atoms with E-state index >= 15 is 0 Å². The van der Waals surface area contributed by atoms with Crippen molar-refractivity contribution in [1.29, 1.82) is 0 Å². The Kier molecular flexibility index (Phi) is 8.74. The first-order valence-corrected chi connectivity index (χ1v) is 10.7. The maximum Gasteiger partial charge on any atom is 0.246 e. The van der Waals surface area contributed by atoms with Crippen molar-refractivity contribution >= 4 is 11.6 Å². The number of carbonyl (C=O) groups is 1. The number of aromatic nitrogens is 2. The standard InChI is InChI=1S/C24H29FN4O3/c1-29(2)21-13-9-19(10-14-21)24-27-23(32-28-24)6-4-3-5-15-26-22(30)17-31-16-18-7-11-20(25)12-8-18/h7-14H,3-6,15-17H2,1-2H3,(H,26,30). The number of halogens is 1. The molecule has 0 fully saturated rings. The molecule has 0 saturated heterocycles. The third-order valence-corrected chi connectivity index (χ3v) is 4.91. The number of unbranched alkanes of at least 4 members (excludes halogenated alkanes) is 2. The summed E-state index contributed by atoms with van der Waals surface area (Å²) in [4.78, 5) is 18.3. The van der Waals surface area contributed by atoms with Crippen LogP contribution in [0.4, 0.5) is 10.1 Å². The van der Waals surface area contributed by atoms with Crippen molar-refractivity contribution < 1.29 is 18.4 Å². The van der Waals surface area contributed by atoms with Crippen LogP contribution in [0.2, 0.25) is 0 Å². The third-order valence-electron chi connectivity index (χ3n) is 4.91. The first-order chi connectivity index (χ1) is 15.5. The highest BCUT2D eigenvalue weighted by Gasteiger charge is 2.09. The number of anilines is 1. The molecule has 1 amide bonds. The third kappa shape index (κ3) is 7.46. The van der Waals surface area contributed by atoms with E-state index in [9.17, 15) is 9.18 Å². The zero-order chi connectivity index (χ0) is 22.8. The number of ether oxygens (including phenoxy) is 1. The zero-order valence-electron chi connectivity index (χ0n) is 18.5. The number of rotatable bonds is 12. The topological polar surface area (TPSA) is 80.5 Å². The lowest BCUT2D eigenvalue weighted by atomic mass is 10.2. The van der Waals surface area contributed by atoms with Gasteiger partial charge in [-0.2, -0.15) is 4.98 Å². The van der Waals surface area contributed by atoms with Crippen LogP contribution < -0.4 is 10.2 Å². The lowest BCUT2D eigenvalue weighted by molar-refractivity contribution is -0.126. The van der Waals surface area contributed by atoms with Crippen LogP contribution in [0.3, 0.4) is 0 Å². The molecule has 3 aromatic rings. The van der Waals surface area contributed by atoms with Gasteiger partial charge < -0.3 is 19.5 Å². The number of hydrogen-bond donors (Lipinski definition) is 1. The summed E-state index contributed by atoms with van der Waals surface area (Å²) >= 11 is 0. The summed E-state index contributed by atoms with van der Waals surface area (Å²) < 4.78 is 23.5. The van der Waals surface area contributed by atoms with Crippen LogP contribution in [0.5, 0.6) is 0 Å². The Morgan fingerprint density at radius 3 is 2.53 bits per heavy atom. The molecule has 7 nitrogen and oxygen atoms in total. The molecule has 2 aromatic carbocycles. The van der Waals surface area contributed by atoms with Crippen LogP contribution >= 0.6 is 0 Å². The van der Waals surface area contributed by atoms with Gasteiger partial charge in [-0.15, -0.1) is 0 Å².